The lowest BCUT2D eigenvalue weighted by Gasteiger charge is -2.27. The van der Waals surface area contributed by atoms with Gasteiger partial charge in [-0.15, -0.1) is 0 Å². The number of hydrogen-bond donors (Lipinski definition) is 1. The Kier molecular flexibility index (Phi) is 6.35. The molecule has 1 unspecified atom stereocenters. The van der Waals surface area contributed by atoms with E-state index in [2.05, 4.69) is 0 Å². The smallest absolute Gasteiger partial charge is 0.300 e. The first-order chi connectivity index (χ1) is 16.3. The van der Waals surface area contributed by atoms with E-state index < -0.39 is 17.7 Å². The molecule has 6 nitrogen and oxygen atoms in total. The number of ketones is 1. The normalized spacial score (nSPS) is 17.2. The first-order valence-electron chi connectivity index (χ1n) is 10.6. The van der Waals surface area contributed by atoms with Crippen molar-refractivity contribution in [3.8, 4) is 11.5 Å². The summed E-state index contributed by atoms with van der Waals surface area (Å²) in [4.78, 5) is 28.3. The van der Waals surface area contributed by atoms with E-state index in [1.54, 1.807) is 42.5 Å². The number of hydrogen-bond acceptors (Lipinski definition) is 5. The van der Waals surface area contributed by atoms with Gasteiger partial charge in [0.2, 0.25) is 0 Å². The van der Waals surface area contributed by atoms with Crippen molar-refractivity contribution < 1.29 is 24.2 Å². The highest BCUT2D eigenvalue weighted by Crippen LogP contribution is 2.45. The van der Waals surface area contributed by atoms with Crippen LogP contribution in [0.1, 0.15) is 28.3 Å². The van der Waals surface area contributed by atoms with Gasteiger partial charge < -0.3 is 14.6 Å². The average molecular weight is 478 g/mol. The number of Topliss-reactive ketones (excluding diaryl/α,β-unsaturated/α-hetero) is 1. The summed E-state index contributed by atoms with van der Waals surface area (Å²) in [6.07, 6.45) is 0. The van der Waals surface area contributed by atoms with Gasteiger partial charge in [-0.25, -0.2) is 0 Å². The molecule has 1 aliphatic rings. The molecule has 4 rings (SSSR count). The topological polar surface area (TPSA) is 76.1 Å². The molecule has 174 valence electrons. The molecule has 0 saturated carbocycles. The number of rotatable bonds is 5. The molecule has 1 fully saturated rings. The molecule has 0 aliphatic carbocycles. The van der Waals surface area contributed by atoms with Gasteiger partial charge in [-0.2, -0.15) is 0 Å². The summed E-state index contributed by atoms with van der Waals surface area (Å²) in [6, 6.07) is 16.5. The minimum atomic E-state index is -0.890. The maximum Gasteiger partial charge on any atom is 0.300 e. The number of nitrogens with zero attached hydrogens (tertiary/aromatic N) is 1. The Morgan fingerprint density at radius 3 is 2.41 bits per heavy atom. The van der Waals surface area contributed by atoms with E-state index in [0.717, 1.165) is 11.1 Å². The Morgan fingerprint density at radius 1 is 0.971 bits per heavy atom. The molecule has 1 saturated heterocycles. The number of methoxy groups -OCH3 is 2. The van der Waals surface area contributed by atoms with Crippen LogP contribution in [0.3, 0.4) is 0 Å². The third kappa shape index (κ3) is 3.90. The largest absolute Gasteiger partial charge is 0.507 e. The Labute approximate surface area is 203 Å². The minimum Gasteiger partial charge on any atom is -0.507 e. The van der Waals surface area contributed by atoms with E-state index in [1.807, 2.05) is 26.0 Å². The molecule has 1 heterocycles. The van der Waals surface area contributed by atoms with Crippen molar-refractivity contribution in [3.05, 3.63) is 93.5 Å². The van der Waals surface area contributed by atoms with Gasteiger partial charge in [0.15, 0.2) is 0 Å². The van der Waals surface area contributed by atoms with E-state index in [0.29, 0.717) is 27.8 Å². The predicted molar refractivity (Wildman–Crippen MR) is 132 cm³/mol. The van der Waals surface area contributed by atoms with Crippen LogP contribution >= 0.6 is 11.6 Å². The number of benzene rings is 3. The van der Waals surface area contributed by atoms with Crippen LogP contribution in [0.25, 0.3) is 5.76 Å². The summed E-state index contributed by atoms with van der Waals surface area (Å²) in [6.45, 7) is 3.83. The fourth-order valence-corrected chi connectivity index (χ4v) is 4.39. The van der Waals surface area contributed by atoms with Gasteiger partial charge in [0.25, 0.3) is 11.7 Å². The number of aliphatic hydroxyl groups excluding tert-OH is 1. The van der Waals surface area contributed by atoms with Crippen molar-refractivity contribution in [2.75, 3.05) is 19.1 Å². The molecule has 3 aromatic rings. The van der Waals surface area contributed by atoms with Crippen LogP contribution in [0.5, 0.6) is 11.5 Å². The number of carbonyl (C=O) groups is 2. The minimum absolute atomic E-state index is 0.0558. The van der Waals surface area contributed by atoms with E-state index in [-0.39, 0.29) is 16.9 Å². The van der Waals surface area contributed by atoms with Gasteiger partial charge in [0, 0.05) is 10.7 Å². The molecular weight excluding hydrogens is 454 g/mol. The van der Waals surface area contributed by atoms with Crippen LogP contribution in [0.2, 0.25) is 5.02 Å². The fourth-order valence-electron chi connectivity index (χ4n) is 4.21. The molecule has 0 spiro atoms. The second-order valence-corrected chi connectivity index (χ2v) is 8.45. The summed E-state index contributed by atoms with van der Waals surface area (Å²) < 4.78 is 10.8. The predicted octanol–water partition coefficient (Wildman–Crippen LogP) is 5.60. The Bertz CT molecular complexity index is 1330. The van der Waals surface area contributed by atoms with Crippen LogP contribution in [0.4, 0.5) is 5.69 Å². The highest BCUT2D eigenvalue weighted by molar-refractivity contribution is 6.52. The standard InChI is InChI=1S/C27H24ClNO5/c1-15-7-5-10-21(16(15)2)29-24(17-8-6-9-19(13-17)33-3)23(26(31)27(29)32)25(30)20-14-18(28)11-12-22(20)34-4/h5-14,24,30H,1-4H3/b25-23+. The van der Waals surface area contributed by atoms with Crippen molar-refractivity contribution in [2.24, 2.45) is 0 Å². The first kappa shape index (κ1) is 23.4. The lowest BCUT2D eigenvalue weighted by atomic mass is 9.94. The molecule has 0 radical (unpaired) electrons. The highest BCUT2D eigenvalue weighted by atomic mass is 35.5. The summed E-state index contributed by atoms with van der Waals surface area (Å²) in [5, 5.41) is 11.8. The zero-order chi connectivity index (χ0) is 24.6. The van der Waals surface area contributed by atoms with E-state index in [1.165, 1.54) is 25.2 Å². The van der Waals surface area contributed by atoms with E-state index in [9.17, 15) is 14.7 Å². The van der Waals surface area contributed by atoms with Gasteiger partial charge in [-0.1, -0.05) is 35.9 Å². The van der Waals surface area contributed by atoms with Gasteiger partial charge in [-0.05, 0) is 66.9 Å². The summed E-state index contributed by atoms with van der Waals surface area (Å²) >= 11 is 6.18. The summed E-state index contributed by atoms with van der Waals surface area (Å²) in [5.41, 5.74) is 3.20. The number of carbonyl (C=O) groups excluding carboxylic acids is 2. The molecule has 7 heteroatoms. The lowest BCUT2D eigenvalue weighted by Crippen LogP contribution is -2.30. The molecule has 1 aliphatic heterocycles. The Balaban J connectivity index is 2.03. The maximum absolute atomic E-state index is 13.4. The third-order valence-corrected chi connectivity index (χ3v) is 6.34. The van der Waals surface area contributed by atoms with Gasteiger partial charge in [0.1, 0.15) is 17.3 Å². The van der Waals surface area contributed by atoms with Crippen LogP contribution < -0.4 is 14.4 Å². The lowest BCUT2D eigenvalue weighted by molar-refractivity contribution is -0.132. The molecule has 3 aromatic carbocycles. The number of aliphatic hydroxyl groups is 1. The first-order valence-corrected chi connectivity index (χ1v) is 11.0. The van der Waals surface area contributed by atoms with E-state index >= 15 is 0 Å². The molecule has 1 N–H and O–H groups in total. The highest BCUT2D eigenvalue weighted by Gasteiger charge is 2.47. The van der Waals surface area contributed by atoms with Crippen molar-refractivity contribution in [1.82, 2.24) is 0 Å². The van der Waals surface area contributed by atoms with Crippen LogP contribution in [0, 0.1) is 13.8 Å². The van der Waals surface area contributed by atoms with Crippen LogP contribution in [0.15, 0.2) is 66.2 Å². The van der Waals surface area contributed by atoms with Crippen molar-refractivity contribution in [1.29, 1.82) is 0 Å². The van der Waals surface area contributed by atoms with Crippen LogP contribution in [-0.2, 0) is 9.59 Å². The summed E-state index contributed by atoms with van der Waals surface area (Å²) in [5.74, 6) is -1.01. The average Bonchev–Trinajstić information content (AvgIpc) is 3.10. The second-order valence-electron chi connectivity index (χ2n) is 8.01. The monoisotopic (exact) mass is 477 g/mol. The zero-order valence-electron chi connectivity index (χ0n) is 19.3. The van der Waals surface area contributed by atoms with Gasteiger partial charge in [0.05, 0.1) is 31.4 Å². The SMILES string of the molecule is COc1cccc(C2/C(=C(\O)c3cc(Cl)ccc3OC)C(=O)C(=O)N2c2cccc(C)c2C)c1. The molecular formula is C27H24ClNO5. The quantitative estimate of drug-likeness (QED) is 0.294. The fraction of sp³-hybridized carbons (Fsp3) is 0.185. The Hall–Kier alpha value is -3.77. The second kappa shape index (κ2) is 9.23. The Morgan fingerprint density at radius 2 is 1.71 bits per heavy atom. The van der Waals surface area contributed by atoms with E-state index in [4.69, 9.17) is 21.1 Å². The maximum atomic E-state index is 13.4. The number of ether oxygens (including phenoxy) is 2. The molecule has 1 atom stereocenters. The van der Waals surface area contributed by atoms with Crippen molar-refractivity contribution in [2.45, 2.75) is 19.9 Å². The molecule has 0 aromatic heterocycles. The molecule has 1 amide bonds. The molecule has 0 bridgehead atoms. The van der Waals surface area contributed by atoms with Gasteiger partial charge in [-0.3, -0.25) is 14.5 Å². The van der Waals surface area contributed by atoms with Crippen molar-refractivity contribution >= 4 is 34.7 Å². The number of anilines is 1. The summed E-state index contributed by atoms with van der Waals surface area (Å²) in [7, 11) is 2.99. The third-order valence-electron chi connectivity index (χ3n) is 6.11. The van der Waals surface area contributed by atoms with Gasteiger partial charge >= 0.3 is 0 Å². The van der Waals surface area contributed by atoms with Crippen LogP contribution in [-0.4, -0.2) is 31.0 Å². The molecule has 34 heavy (non-hydrogen) atoms. The number of halogens is 1. The number of aryl methyl sites for hydroxylation is 1. The zero-order valence-corrected chi connectivity index (χ0v) is 20.0. The van der Waals surface area contributed by atoms with Crippen molar-refractivity contribution in [3.63, 3.8) is 0 Å². The number of amides is 1.